The number of nitrogens with zero attached hydrogens (tertiary/aromatic N) is 1. The van der Waals surface area contributed by atoms with Crippen LogP contribution < -0.4 is 4.74 Å². The predicted octanol–water partition coefficient (Wildman–Crippen LogP) is 4.87. The van der Waals surface area contributed by atoms with Crippen LogP contribution in [0.1, 0.15) is 31.2 Å². The Morgan fingerprint density at radius 2 is 1.96 bits per heavy atom. The first-order chi connectivity index (χ1) is 12.9. The molecule has 1 saturated heterocycles. The summed E-state index contributed by atoms with van der Waals surface area (Å²) in [6, 6.07) is 14.6. The Labute approximate surface area is 154 Å². The molecule has 0 bridgehead atoms. The number of pyridine rings is 1. The van der Waals surface area contributed by atoms with Crippen LogP contribution in [0.15, 0.2) is 42.5 Å². The molecule has 4 nitrogen and oxygen atoms in total. The monoisotopic (exact) mass is 351 g/mol. The maximum absolute atomic E-state index is 5.88. The van der Waals surface area contributed by atoms with Crippen LogP contribution in [0.25, 0.3) is 21.7 Å². The molecule has 0 aliphatic carbocycles. The summed E-state index contributed by atoms with van der Waals surface area (Å²) in [6.45, 7) is 1.55. The maximum atomic E-state index is 5.88. The van der Waals surface area contributed by atoms with Gasteiger partial charge < -0.3 is 14.2 Å². The second kappa shape index (κ2) is 8.02. The molecule has 1 fully saturated rings. The quantitative estimate of drug-likeness (QED) is 0.469. The molecule has 2 heterocycles. The molecule has 1 aromatic heterocycles. The van der Waals surface area contributed by atoms with E-state index >= 15 is 0 Å². The van der Waals surface area contributed by atoms with Crippen molar-refractivity contribution in [2.24, 2.45) is 0 Å². The zero-order chi connectivity index (χ0) is 17.8. The Balaban J connectivity index is 1.56. The Hall–Kier alpha value is -2.17. The van der Waals surface area contributed by atoms with Crippen molar-refractivity contribution < 1.29 is 14.2 Å². The molecule has 4 heteroatoms. The summed E-state index contributed by atoms with van der Waals surface area (Å²) in [5, 5.41) is 3.47. The third-order valence-corrected chi connectivity index (χ3v) is 5.00. The number of rotatable bonds is 6. The summed E-state index contributed by atoms with van der Waals surface area (Å²) < 4.78 is 17.0. The molecule has 3 aromatic rings. The summed E-state index contributed by atoms with van der Waals surface area (Å²) in [6.07, 6.45) is 5.29. The number of methoxy groups -OCH3 is 1. The average molecular weight is 351 g/mol. The smallest absolute Gasteiger partial charge is 0.221 e. The van der Waals surface area contributed by atoms with Gasteiger partial charge in [0.1, 0.15) is 0 Å². The number of fused-ring (bicyclic) bond motifs is 3. The Kier molecular flexibility index (Phi) is 5.32. The van der Waals surface area contributed by atoms with Crippen LogP contribution in [0.3, 0.4) is 0 Å². The van der Waals surface area contributed by atoms with Crippen molar-refractivity contribution in [2.45, 2.75) is 38.4 Å². The van der Waals surface area contributed by atoms with E-state index in [0.29, 0.717) is 5.88 Å². The fraction of sp³-hybridized carbons (Fsp3) is 0.409. The topological polar surface area (TPSA) is 40.6 Å². The van der Waals surface area contributed by atoms with Gasteiger partial charge in [0.2, 0.25) is 5.88 Å². The standard InChI is InChI=1S/C22H25NO3/c1-24-22-18-11-3-2-10-17(18)21-16(8-6-12-19(21)23-22)9-7-15-26-20-13-4-5-14-25-20/h2-3,6,8,10-12,20H,4-5,7,9,13-15H2,1H3. The predicted molar refractivity (Wildman–Crippen MR) is 104 cm³/mol. The Morgan fingerprint density at radius 1 is 1.08 bits per heavy atom. The van der Waals surface area contributed by atoms with Crippen molar-refractivity contribution >= 4 is 21.7 Å². The van der Waals surface area contributed by atoms with E-state index in [4.69, 9.17) is 19.2 Å². The van der Waals surface area contributed by atoms with Crippen LogP contribution in [0.2, 0.25) is 0 Å². The van der Waals surface area contributed by atoms with E-state index in [-0.39, 0.29) is 6.29 Å². The van der Waals surface area contributed by atoms with Crippen LogP contribution in [0.5, 0.6) is 5.88 Å². The SMILES string of the molecule is COc1nc2cccc(CCCOC3CCCCO3)c2c2ccccc12. The zero-order valence-electron chi connectivity index (χ0n) is 15.2. The number of hydrogen-bond acceptors (Lipinski definition) is 4. The molecule has 26 heavy (non-hydrogen) atoms. The van der Waals surface area contributed by atoms with Gasteiger partial charge >= 0.3 is 0 Å². The van der Waals surface area contributed by atoms with E-state index in [2.05, 4.69) is 36.4 Å². The Morgan fingerprint density at radius 3 is 2.77 bits per heavy atom. The van der Waals surface area contributed by atoms with Crippen molar-refractivity contribution in [3.8, 4) is 5.88 Å². The summed E-state index contributed by atoms with van der Waals surface area (Å²) in [5.41, 5.74) is 2.29. The fourth-order valence-corrected chi connectivity index (χ4v) is 3.73. The third kappa shape index (κ3) is 3.53. The largest absolute Gasteiger partial charge is 0.481 e. The van der Waals surface area contributed by atoms with Crippen molar-refractivity contribution in [3.05, 3.63) is 48.0 Å². The van der Waals surface area contributed by atoms with Gasteiger partial charge in [-0.2, -0.15) is 0 Å². The van der Waals surface area contributed by atoms with Gasteiger partial charge in [-0.15, -0.1) is 0 Å². The minimum absolute atomic E-state index is 0.0111. The van der Waals surface area contributed by atoms with Crippen LogP contribution in [-0.2, 0) is 15.9 Å². The number of hydrogen-bond donors (Lipinski definition) is 0. The van der Waals surface area contributed by atoms with Crippen LogP contribution in [0.4, 0.5) is 0 Å². The molecule has 1 atom stereocenters. The zero-order valence-corrected chi connectivity index (χ0v) is 15.2. The molecule has 0 spiro atoms. The van der Waals surface area contributed by atoms with E-state index < -0.39 is 0 Å². The number of aryl methyl sites for hydroxylation is 1. The van der Waals surface area contributed by atoms with E-state index in [1.54, 1.807) is 7.11 Å². The molecular formula is C22H25NO3. The fourth-order valence-electron chi connectivity index (χ4n) is 3.73. The van der Waals surface area contributed by atoms with E-state index in [1.807, 2.05) is 6.07 Å². The minimum atomic E-state index is -0.0111. The summed E-state index contributed by atoms with van der Waals surface area (Å²) in [4.78, 5) is 4.71. The normalized spacial score (nSPS) is 17.7. The molecular weight excluding hydrogens is 326 g/mol. The van der Waals surface area contributed by atoms with Crippen LogP contribution in [-0.4, -0.2) is 31.6 Å². The maximum Gasteiger partial charge on any atom is 0.221 e. The number of ether oxygens (including phenoxy) is 3. The molecule has 0 N–H and O–H groups in total. The molecule has 4 rings (SSSR count). The van der Waals surface area contributed by atoms with Gasteiger partial charge in [-0.3, -0.25) is 0 Å². The van der Waals surface area contributed by atoms with E-state index in [0.717, 1.165) is 49.8 Å². The average Bonchev–Trinajstić information content (AvgIpc) is 2.71. The van der Waals surface area contributed by atoms with E-state index in [9.17, 15) is 0 Å². The van der Waals surface area contributed by atoms with Crippen molar-refractivity contribution in [2.75, 3.05) is 20.3 Å². The second-order valence-electron chi connectivity index (χ2n) is 6.75. The Bertz CT molecular complexity index is 887. The molecule has 1 unspecified atom stereocenters. The molecule has 136 valence electrons. The highest BCUT2D eigenvalue weighted by molar-refractivity contribution is 6.09. The summed E-state index contributed by atoms with van der Waals surface area (Å²) in [5.74, 6) is 0.683. The lowest BCUT2D eigenvalue weighted by molar-refractivity contribution is -0.162. The lowest BCUT2D eigenvalue weighted by atomic mass is 9.98. The van der Waals surface area contributed by atoms with Crippen LogP contribution >= 0.6 is 0 Å². The van der Waals surface area contributed by atoms with E-state index in [1.165, 1.54) is 22.8 Å². The highest BCUT2D eigenvalue weighted by Gasteiger charge is 2.14. The van der Waals surface area contributed by atoms with Gasteiger partial charge in [0.15, 0.2) is 6.29 Å². The minimum Gasteiger partial charge on any atom is -0.481 e. The van der Waals surface area contributed by atoms with Gasteiger partial charge in [0.25, 0.3) is 0 Å². The van der Waals surface area contributed by atoms with Gasteiger partial charge in [0.05, 0.1) is 19.2 Å². The first kappa shape index (κ1) is 17.3. The van der Waals surface area contributed by atoms with Crippen molar-refractivity contribution in [3.63, 3.8) is 0 Å². The highest BCUT2D eigenvalue weighted by Crippen LogP contribution is 2.33. The highest BCUT2D eigenvalue weighted by atomic mass is 16.7. The lowest BCUT2D eigenvalue weighted by Crippen LogP contribution is -2.22. The van der Waals surface area contributed by atoms with Gasteiger partial charge in [-0.1, -0.05) is 30.3 Å². The molecule has 0 saturated carbocycles. The molecule has 1 aliphatic rings. The first-order valence-electron chi connectivity index (χ1n) is 9.44. The van der Waals surface area contributed by atoms with Gasteiger partial charge in [-0.05, 0) is 55.2 Å². The summed E-state index contributed by atoms with van der Waals surface area (Å²) in [7, 11) is 1.68. The van der Waals surface area contributed by atoms with Crippen LogP contribution in [0, 0.1) is 0 Å². The molecule has 1 aliphatic heterocycles. The number of benzene rings is 2. The summed E-state index contributed by atoms with van der Waals surface area (Å²) >= 11 is 0. The van der Waals surface area contributed by atoms with Crippen molar-refractivity contribution in [1.82, 2.24) is 4.98 Å². The molecule has 2 aromatic carbocycles. The van der Waals surface area contributed by atoms with Gasteiger partial charge in [-0.25, -0.2) is 4.98 Å². The van der Waals surface area contributed by atoms with Gasteiger partial charge in [0, 0.05) is 17.4 Å². The number of aromatic nitrogens is 1. The first-order valence-corrected chi connectivity index (χ1v) is 9.44. The lowest BCUT2D eigenvalue weighted by Gasteiger charge is -2.22. The molecule has 0 radical (unpaired) electrons. The third-order valence-electron chi connectivity index (χ3n) is 5.00. The second-order valence-corrected chi connectivity index (χ2v) is 6.75. The van der Waals surface area contributed by atoms with Crippen molar-refractivity contribution in [1.29, 1.82) is 0 Å². The molecule has 0 amide bonds.